The highest BCUT2D eigenvalue weighted by atomic mass is 16.2. The van der Waals surface area contributed by atoms with Gasteiger partial charge in [0, 0.05) is 26.3 Å². The van der Waals surface area contributed by atoms with Gasteiger partial charge in [0.05, 0.1) is 5.39 Å². The summed E-state index contributed by atoms with van der Waals surface area (Å²) in [6.07, 6.45) is 1.80. The van der Waals surface area contributed by atoms with Crippen molar-refractivity contribution in [3.05, 3.63) is 33.1 Å². The first kappa shape index (κ1) is 10.7. The van der Waals surface area contributed by atoms with Gasteiger partial charge in [0.15, 0.2) is 0 Å². The van der Waals surface area contributed by atoms with E-state index in [1.807, 2.05) is 20.9 Å². The monoisotopic (exact) mass is 221 g/mol. The smallest absolute Gasteiger partial charge is 0.332 e. The Morgan fingerprint density at radius 3 is 2.38 bits per heavy atom. The lowest BCUT2D eigenvalue weighted by Gasteiger charge is -2.14. The van der Waals surface area contributed by atoms with Crippen LogP contribution in [-0.4, -0.2) is 13.7 Å². The average Bonchev–Trinajstić information content (AvgIpc) is 2.58. The predicted molar refractivity (Wildman–Crippen MR) is 62.8 cm³/mol. The first-order chi connectivity index (χ1) is 7.45. The van der Waals surface area contributed by atoms with E-state index in [9.17, 15) is 9.59 Å². The summed E-state index contributed by atoms with van der Waals surface area (Å²) >= 11 is 0. The van der Waals surface area contributed by atoms with Crippen LogP contribution in [0.1, 0.15) is 19.9 Å². The van der Waals surface area contributed by atoms with Crippen molar-refractivity contribution in [1.29, 1.82) is 0 Å². The Balaban J connectivity index is 3.14. The van der Waals surface area contributed by atoms with Gasteiger partial charge >= 0.3 is 5.69 Å². The van der Waals surface area contributed by atoms with Gasteiger partial charge in [0.2, 0.25) is 0 Å². The number of rotatable bonds is 1. The van der Waals surface area contributed by atoms with E-state index in [1.54, 1.807) is 21.4 Å². The standard InChI is InChI=1S/C11H15N3O2/c1-7(2)14-9-8(5-6-12(9)3)10(15)13(4)11(14)16/h5-7H,1-4H3. The molecule has 0 unspecified atom stereocenters. The minimum Gasteiger partial charge on any atom is -0.337 e. The molecule has 0 aromatic carbocycles. The summed E-state index contributed by atoms with van der Waals surface area (Å²) in [7, 11) is 3.34. The minimum absolute atomic E-state index is 0.0235. The fraction of sp³-hybridized carbons (Fsp3) is 0.455. The van der Waals surface area contributed by atoms with Gasteiger partial charge in [-0.25, -0.2) is 4.79 Å². The van der Waals surface area contributed by atoms with E-state index in [-0.39, 0.29) is 17.3 Å². The molecular formula is C11H15N3O2. The molecule has 0 saturated carbocycles. The highest BCUT2D eigenvalue weighted by molar-refractivity contribution is 5.75. The number of hydrogen-bond acceptors (Lipinski definition) is 2. The van der Waals surface area contributed by atoms with Crippen molar-refractivity contribution in [3.63, 3.8) is 0 Å². The summed E-state index contributed by atoms with van der Waals surface area (Å²) in [5.74, 6) is 0. The van der Waals surface area contributed by atoms with Gasteiger partial charge in [0.1, 0.15) is 5.65 Å². The molecule has 86 valence electrons. The van der Waals surface area contributed by atoms with Crippen molar-refractivity contribution in [2.45, 2.75) is 19.9 Å². The van der Waals surface area contributed by atoms with Gasteiger partial charge in [-0.1, -0.05) is 0 Å². The third kappa shape index (κ3) is 1.24. The summed E-state index contributed by atoms with van der Waals surface area (Å²) in [5, 5.41) is 0.582. The molecule has 16 heavy (non-hydrogen) atoms. The molecule has 0 aliphatic heterocycles. The highest BCUT2D eigenvalue weighted by Crippen LogP contribution is 2.12. The second-order valence-electron chi connectivity index (χ2n) is 4.27. The van der Waals surface area contributed by atoms with Crippen LogP contribution in [0.25, 0.3) is 11.0 Å². The molecule has 0 saturated heterocycles. The van der Waals surface area contributed by atoms with Crippen LogP contribution < -0.4 is 11.2 Å². The number of hydrogen-bond donors (Lipinski definition) is 0. The number of fused-ring (bicyclic) bond motifs is 1. The number of nitrogens with zero attached hydrogens (tertiary/aromatic N) is 3. The fourth-order valence-electron chi connectivity index (χ4n) is 1.97. The van der Waals surface area contributed by atoms with E-state index >= 15 is 0 Å². The van der Waals surface area contributed by atoms with Crippen LogP contribution in [0.4, 0.5) is 0 Å². The van der Waals surface area contributed by atoms with E-state index in [1.165, 1.54) is 7.05 Å². The zero-order valence-corrected chi connectivity index (χ0v) is 9.89. The Morgan fingerprint density at radius 2 is 1.81 bits per heavy atom. The molecule has 0 bridgehead atoms. The van der Waals surface area contributed by atoms with E-state index in [0.717, 1.165) is 4.57 Å². The predicted octanol–water partition coefficient (Wildman–Crippen LogP) is 0.620. The van der Waals surface area contributed by atoms with E-state index in [4.69, 9.17) is 0 Å². The Hall–Kier alpha value is -1.78. The first-order valence-electron chi connectivity index (χ1n) is 5.21. The molecule has 2 aromatic heterocycles. The summed E-state index contributed by atoms with van der Waals surface area (Å²) in [6, 6.07) is 1.77. The summed E-state index contributed by atoms with van der Waals surface area (Å²) in [5.41, 5.74) is 0.176. The van der Waals surface area contributed by atoms with Gasteiger partial charge in [-0.15, -0.1) is 0 Å². The Labute approximate surface area is 92.5 Å². The van der Waals surface area contributed by atoms with Crippen LogP contribution in [0.15, 0.2) is 21.9 Å². The van der Waals surface area contributed by atoms with Crippen molar-refractivity contribution >= 4 is 11.0 Å². The summed E-state index contributed by atoms with van der Waals surface area (Å²) < 4.78 is 4.59. The third-order valence-electron chi connectivity index (χ3n) is 2.81. The summed E-state index contributed by atoms with van der Waals surface area (Å²) in [6.45, 7) is 3.86. The SMILES string of the molecule is CC(C)n1c(=O)n(C)c(=O)c2ccn(C)c21. The zero-order chi connectivity index (χ0) is 12.0. The van der Waals surface area contributed by atoms with E-state index < -0.39 is 0 Å². The van der Waals surface area contributed by atoms with Gasteiger partial charge in [-0.2, -0.15) is 0 Å². The third-order valence-corrected chi connectivity index (χ3v) is 2.81. The molecule has 5 heteroatoms. The maximum absolute atomic E-state index is 12.0. The quantitative estimate of drug-likeness (QED) is 0.708. The first-order valence-corrected chi connectivity index (χ1v) is 5.21. The van der Waals surface area contributed by atoms with Crippen molar-refractivity contribution in [3.8, 4) is 0 Å². The van der Waals surface area contributed by atoms with Crippen molar-refractivity contribution < 1.29 is 0 Å². The molecule has 0 aliphatic rings. The van der Waals surface area contributed by atoms with Gasteiger partial charge in [-0.3, -0.25) is 13.9 Å². The minimum atomic E-state index is -0.269. The molecular weight excluding hydrogens is 206 g/mol. The topological polar surface area (TPSA) is 48.9 Å². The van der Waals surface area contributed by atoms with Crippen LogP contribution in [-0.2, 0) is 14.1 Å². The second kappa shape index (κ2) is 3.37. The molecule has 0 N–H and O–H groups in total. The maximum Gasteiger partial charge on any atom is 0.332 e. The lowest BCUT2D eigenvalue weighted by molar-refractivity contribution is 0.546. The molecule has 0 spiro atoms. The number of aryl methyl sites for hydroxylation is 1. The summed E-state index contributed by atoms with van der Waals surface area (Å²) in [4.78, 5) is 23.9. The largest absolute Gasteiger partial charge is 0.337 e. The number of aromatic nitrogens is 3. The molecule has 0 aliphatic carbocycles. The van der Waals surface area contributed by atoms with Gasteiger partial charge < -0.3 is 4.57 Å². The molecule has 0 radical (unpaired) electrons. The Bertz CT molecular complexity index is 658. The van der Waals surface area contributed by atoms with Crippen molar-refractivity contribution in [1.82, 2.24) is 13.7 Å². The van der Waals surface area contributed by atoms with Crippen molar-refractivity contribution in [2.75, 3.05) is 0 Å². The maximum atomic E-state index is 12.0. The van der Waals surface area contributed by atoms with Crippen LogP contribution in [0.5, 0.6) is 0 Å². The lowest BCUT2D eigenvalue weighted by atomic mass is 10.3. The zero-order valence-electron chi connectivity index (χ0n) is 9.89. The van der Waals surface area contributed by atoms with Gasteiger partial charge in [0.25, 0.3) is 5.56 Å². The van der Waals surface area contributed by atoms with E-state index in [2.05, 4.69) is 0 Å². The highest BCUT2D eigenvalue weighted by Gasteiger charge is 2.14. The van der Waals surface area contributed by atoms with Crippen molar-refractivity contribution in [2.24, 2.45) is 14.1 Å². The molecule has 0 amide bonds. The molecule has 2 heterocycles. The average molecular weight is 221 g/mol. The normalized spacial score (nSPS) is 11.6. The molecule has 2 aromatic rings. The lowest BCUT2D eigenvalue weighted by Crippen LogP contribution is -2.39. The Kier molecular flexibility index (Phi) is 2.26. The Morgan fingerprint density at radius 1 is 1.19 bits per heavy atom. The molecule has 2 rings (SSSR count). The van der Waals surface area contributed by atoms with Crippen LogP contribution >= 0.6 is 0 Å². The molecule has 0 fully saturated rings. The van der Waals surface area contributed by atoms with E-state index in [0.29, 0.717) is 11.0 Å². The fourth-order valence-corrected chi connectivity index (χ4v) is 1.97. The van der Waals surface area contributed by atoms with Crippen LogP contribution in [0.2, 0.25) is 0 Å². The van der Waals surface area contributed by atoms with Gasteiger partial charge in [-0.05, 0) is 19.9 Å². The van der Waals surface area contributed by atoms with Crippen LogP contribution in [0.3, 0.4) is 0 Å². The van der Waals surface area contributed by atoms with Crippen LogP contribution in [0, 0.1) is 0 Å². The molecule has 0 atom stereocenters. The second-order valence-corrected chi connectivity index (χ2v) is 4.27. The molecule has 5 nitrogen and oxygen atoms in total.